The molecule has 1 atom stereocenters. The highest BCUT2D eigenvalue weighted by Gasteiger charge is 2.22. The number of nitrogens with one attached hydrogen (secondary N) is 2. The third-order valence-electron chi connectivity index (χ3n) is 4.22. The fourth-order valence-electron chi connectivity index (χ4n) is 2.64. The first kappa shape index (κ1) is 23.0. The molecule has 1 heterocycles. The molecule has 0 saturated heterocycles. The van der Waals surface area contributed by atoms with E-state index in [-0.39, 0.29) is 12.4 Å². The van der Waals surface area contributed by atoms with E-state index in [0.29, 0.717) is 23.2 Å². The number of halogens is 1. The van der Waals surface area contributed by atoms with Crippen LogP contribution in [0.2, 0.25) is 0 Å². The normalized spacial score (nSPS) is 11.4. The molecular weight excluding hydrogens is 433 g/mol. The number of aromatic nitrogens is 3. The Kier molecular flexibility index (Phi) is 7.98. The molecule has 3 aromatic rings. The summed E-state index contributed by atoms with van der Waals surface area (Å²) in [5.41, 5.74) is 0.573. The Morgan fingerprint density at radius 3 is 2.62 bits per heavy atom. The number of thioether (sulfide) groups is 1. The van der Waals surface area contributed by atoms with Gasteiger partial charge in [0.1, 0.15) is 6.61 Å². The molecule has 1 aromatic heterocycles. The van der Waals surface area contributed by atoms with Crippen molar-refractivity contribution < 1.29 is 18.7 Å². The predicted molar refractivity (Wildman–Crippen MR) is 120 cm³/mol. The predicted octanol–water partition coefficient (Wildman–Crippen LogP) is 4.01. The van der Waals surface area contributed by atoms with Crippen molar-refractivity contribution in [1.82, 2.24) is 20.1 Å². The van der Waals surface area contributed by atoms with Gasteiger partial charge in [-0.05, 0) is 31.2 Å². The lowest BCUT2D eigenvalue weighted by molar-refractivity contribution is -0.119. The number of amides is 3. The molecule has 2 aromatic carbocycles. The number of rotatable bonds is 9. The van der Waals surface area contributed by atoms with Crippen molar-refractivity contribution in [3.63, 3.8) is 0 Å². The van der Waals surface area contributed by atoms with Crippen LogP contribution in [-0.4, -0.2) is 32.0 Å². The topological polar surface area (TPSA) is 98.1 Å². The minimum atomic E-state index is -0.635. The van der Waals surface area contributed by atoms with Crippen molar-refractivity contribution >= 4 is 29.4 Å². The van der Waals surface area contributed by atoms with Gasteiger partial charge >= 0.3 is 6.03 Å². The molecule has 10 heteroatoms. The second kappa shape index (κ2) is 11.1. The molecule has 0 radical (unpaired) electrons. The number of carbonyl (C=O) groups is 2. The summed E-state index contributed by atoms with van der Waals surface area (Å²) in [4.78, 5) is 24.5. The summed E-state index contributed by atoms with van der Waals surface area (Å²) in [7, 11) is 0. The number of urea groups is 1. The number of hydrogen-bond donors (Lipinski definition) is 2. The molecule has 2 N–H and O–H groups in total. The van der Waals surface area contributed by atoms with Crippen molar-refractivity contribution in [3.8, 4) is 5.75 Å². The molecule has 0 saturated carbocycles. The molecule has 3 amide bonds. The van der Waals surface area contributed by atoms with Crippen LogP contribution in [0, 0.1) is 5.82 Å². The summed E-state index contributed by atoms with van der Waals surface area (Å²) < 4.78 is 21.0. The number of nitrogens with zero attached hydrogens (tertiary/aromatic N) is 3. The van der Waals surface area contributed by atoms with Crippen LogP contribution < -0.4 is 15.4 Å². The summed E-state index contributed by atoms with van der Waals surface area (Å²) in [6.07, 6.45) is 1.65. The molecule has 0 aliphatic rings. The largest absolute Gasteiger partial charge is 0.483 e. The maximum Gasteiger partial charge on any atom is 0.325 e. The number of allylic oxidation sites excluding steroid dienone is 1. The highest BCUT2D eigenvalue weighted by molar-refractivity contribution is 8.00. The molecule has 3 rings (SSSR count). The second-order valence-electron chi connectivity index (χ2n) is 6.59. The highest BCUT2D eigenvalue weighted by Crippen LogP contribution is 2.24. The standard InChI is InChI=1S/C22H22FN5O3S/c1-3-13-28-19(14-31-18-12-8-7-11-17(18)23)26-27-22(28)32-15(2)20(29)25-21(30)24-16-9-5-4-6-10-16/h3-12,15H,1,13-14H2,2H3,(H2,24,25,29,30). The van der Waals surface area contributed by atoms with Gasteiger partial charge < -0.3 is 10.1 Å². The van der Waals surface area contributed by atoms with Gasteiger partial charge in [0.25, 0.3) is 0 Å². The minimum Gasteiger partial charge on any atom is -0.483 e. The van der Waals surface area contributed by atoms with Crippen molar-refractivity contribution in [3.05, 3.63) is 78.9 Å². The first-order chi connectivity index (χ1) is 15.5. The lowest BCUT2D eigenvalue weighted by Crippen LogP contribution is -2.39. The fraction of sp³-hybridized carbons (Fsp3) is 0.182. The zero-order valence-corrected chi connectivity index (χ0v) is 18.1. The molecule has 0 aliphatic heterocycles. The van der Waals surface area contributed by atoms with E-state index >= 15 is 0 Å². The van der Waals surface area contributed by atoms with Crippen molar-refractivity contribution in [2.24, 2.45) is 0 Å². The molecule has 0 fully saturated rings. The maximum atomic E-state index is 13.8. The Morgan fingerprint density at radius 2 is 1.91 bits per heavy atom. The van der Waals surface area contributed by atoms with E-state index in [4.69, 9.17) is 4.74 Å². The zero-order chi connectivity index (χ0) is 22.9. The van der Waals surface area contributed by atoms with Crippen molar-refractivity contribution in [1.29, 1.82) is 0 Å². The van der Waals surface area contributed by atoms with Gasteiger partial charge in [-0.2, -0.15) is 0 Å². The van der Waals surface area contributed by atoms with E-state index in [1.807, 2.05) is 6.07 Å². The Balaban J connectivity index is 1.61. The first-order valence-electron chi connectivity index (χ1n) is 9.71. The Bertz CT molecular complexity index is 1090. The number of carbonyl (C=O) groups excluding carboxylic acids is 2. The fourth-order valence-corrected chi connectivity index (χ4v) is 3.52. The van der Waals surface area contributed by atoms with Gasteiger partial charge in [0.2, 0.25) is 5.91 Å². The van der Waals surface area contributed by atoms with Gasteiger partial charge in [0, 0.05) is 12.2 Å². The second-order valence-corrected chi connectivity index (χ2v) is 7.89. The van der Waals surface area contributed by atoms with E-state index in [1.165, 1.54) is 12.1 Å². The average Bonchev–Trinajstić information content (AvgIpc) is 3.15. The number of benzene rings is 2. The summed E-state index contributed by atoms with van der Waals surface area (Å²) in [6.45, 7) is 5.73. The smallest absolute Gasteiger partial charge is 0.325 e. The Morgan fingerprint density at radius 1 is 1.19 bits per heavy atom. The summed E-state index contributed by atoms with van der Waals surface area (Å²) in [6, 6.07) is 14.2. The number of hydrogen-bond acceptors (Lipinski definition) is 6. The Hall–Kier alpha value is -3.66. The van der Waals surface area contributed by atoms with Crippen LogP contribution >= 0.6 is 11.8 Å². The quantitative estimate of drug-likeness (QED) is 0.374. The van der Waals surface area contributed by atoms with Gasteiger partial charge in [0.05, 0.1) is 5.25 Å². The molecule has 0 bridgehead atoms. The van der Waals surface area contributed by atoms with Gasteiger partial charge in [-0.1, -0.05) is 48.2 Å². The van der Waals surface area contributed by atoms with Crippen LogP contribution in [0.5, 0.6) is 5.75 Å². The Labute approximate surface area is 188 Å². The molecule has 8 nitrogen and oxygen atoms in total. The van der Waals surface area contributed by atoms with Crippen molar-refractivity contribution in [2.75, 3.05) is 5.32 Å². The van der Waals surface area contributed by atoms with Crippen LogP contribution in [0.15, 0.2) is 72.4 Å². The van der Waals surface area contributed by atoms with Crippen molar-refractivity contribution in [2.45, 2.75) is 30.5 Å². The molecule has 166 valence electrons. The molecule has 0 aliphatic carbocycles. The molecule has 0 spiro atoms. The van der Waals surface area contributed by atoms with Gasteiger partial charge in [-0.25, -0.2) is 9.18 Å². The molecular formula is C22H22FN5O3S. The highest BCUT2D eigenvalue weighted by atomic mass is 32.2. The summed E-state index contributed by atoms with van der Waals surface area (Å²) >= 11 is 1.13. The maximum absolute atomic E-state index is 13.8. The average molecular weight is 456 g/mol. The van der Waals surface area contributed by atoms with Crippen LogP contribution in [0.1, 0.15) is 12.7 Å². The van der Waals surface area contributed by atoms with E-state index in [0.717, 1.165) is 11.8 Å². The molecule has 32 heavy (non-hydrogen) atoms. The SMILES string of the molecule is C=CCn1c(COc2ccccc2F)nnc1SC(C)C(=O)NC(=O)Nc1ccccc1. The number of anilines is 1. The zero-order valence-electron chi connectivity index (χ0n) is 17.3. The summed E-state index contributed by atoms with van der Waals surface area (Å²) in [5.74, 6) is -0.409. The summed E-state index contributed by atoms with van der Waals surface area (Å²) in [5, 5.41) is 12.9. The van der Waals surface area contributed by atoms with E-state index in [2.05, 4.69) is 27.4 Å². The molecule has 1 unspecified atom stereocenters. The van der Waals surface area contributed by atoms with Gasteiger partial charge in [-0.3, -0.25) is 14.7 Å². The van der Waals surface area contributed by atoms with Crippen LogP contribution in [-0.2, 0) is 17.9 Å². The van der Waals surface area contributed by atoms with Crippen LogP contribution in [0.25, 0.3) is 0 Å². The number of para-hydroxylation sites is 2. The third-order valence-corrected chi connectivity index (χ3v) is 5.30. The van der Waals surface area contributed by atoms with Gasteiger partial charge in [0.15, 0.2) is 22.5 Å². The number of ether oxygens (including phenoxy) is 1. The lowest BCUT2D eigenvalue weighted by atomic mass is 10.3. The monoisotopic (exact) mass is 455 g/mol. The van der Waals surface area contributed by atoms with E-state index < -0.39 is 23.0 Å². The minimum absolute atomic E-state index is 0.0115. The third kappa shape index (κ3) is 6.17. The van der Waals surface area contributed by atoms with Crippen LogP contribution in [0.3, 0.4) is 0 Å². The van der Waals surface area contributed by atoms with E-state index in [1.54, 1.807) is 54.0 Å². The van der Waals surface area contributed by atoms with Gasteiger partial charge in [-0.15, -0.1) is 16.8 Å². The first-order valence-corrected chi connectivity index (χ1v) is 10.6. The van der Waals surface area contributed by atoms with E-state index in [9.17, 15) is 14.0 Å². The van der Waals surface area contributed by atoms with Crippen LogP contribution in [0.4, 0.5) is 14.9 Å². The lowest BCUT2D eigenvalue weighted by Gasteiger charge is -2.13. The number of imide groups is 1.